The lowest BCUT2D eigenvalue weighted by Gasteiger charge is -2.23. The monoisotopic (exact) mass is 277 g/mol. The molecule has 2 aromatic heterocycles. The summed E-state index contributed by atoms with van der Waals surface area (Å²) < 4.78 is 1.82. The fraction of sp³-hybridized carbons (Fsp3) is 0.417. The van der Waals surface area contributed by atoms with E-state index in [9.17, 15) is 4.79 Å². The van der Waals surface area contributed by atoms with Crippen LogP contribution in [0, 0.1) is 0 Å². The van der Waals surface area contributed by atoms with Gasteiger partial charge in [0.05, 0.1) is 12.7 Å². The number of nitrogen functional groups attached to an aromatic ring is 1. The lowest BCUT2D eigenvalue weighted by Crippen LogP contribution is -2.37. The van der Waals surface area contributed by atoms with Crippen LogP contribution in [0.15, 0.2) is 18.6 Å². The number of fused-ring (bicyclic) bond motifs is 1. The molecule has 4 N–H and O–H groups in total. The fourth-order valence-corrected chi connectivity index (χ4v) is 1.98. The molecule has 0 aliphatic rings. The van der Waals surface area contributed by atoms with Crippen LogP contribution in [-0.2, 0) is 4.79 Å². The summed E-state index contributed by atoms with van der Waals surface area (Å²) in [7, 11) is 1.61. The van der Waals surface area contributed by atoms with Crippen molar-refractivity contribution in [1.82, 2.24) is 19.7 Å². The van der Waals surface area contributed by atoms with Gasteiger partial charge in [0.2, 0.25) is 5.91 Å². The predicted octanol–water partition coefficient (Wildman–Crippen LogP) is -0.0227. The molecule has 0 bridgehead atoms. The summed E-state index contributed by atoms with van der Waals surface area (Å²) in [5, 5.41) is 2.62. The van der Waals surface area contributed by atoms with Crippen LogP contribution in [0.5, 0.6) is 0 Å². The summed E-state index contributed by atoms with van der Waals surface area (Å²) in [5.41, 5.74) is 3.22. The van der Waals surface area contributed by atoms with E-state index in [-0.39, 0.29) is 12.5 Å². The van der Waals surface area contributed by atoms with E-state index in [1.807, 2.05) is 22.4 Å². The number of likely N-dealkylation sites (N-methyl/N-ethyl adjacent to an activating group) is 1. The van der Waals surface area contributed by atoms with Gasteiger partial charge in [-0.3, -0.25) is 4.79 Å². The summed E-state index contributed by atoms with van der Waals surface area (Å²) in [6.07, 6.45) is 6.14. The number of anilines is 2. The molecule has 2 aromatic rings. The van der Waals surface area contributed by atoms with E-state index in [2.05, 4.69) is 20.7 Å². The number of nitrogens with zero attached hydrogens (tertiary/aromatic N) is 4. The van der Waals surface area contributed by atoms with Gasteiger partial charge in [-0.1, -0.05) is 6.92 Å². The molecule has 0 radical (unpaired) electrons. The van der Waals surface area contributed by atoms with Gasteiger partial charge in [0, 0.05) is 26.0 Å². The van der Waals surface area contributed by atoms with E-state index in [4.69, 9.17) is 5.84 Å². The van der Waals surface area contributed by atoms with Gasteiger partial charge in [-0.2, -0.15) is 0 Å². The maximum atomic E-state index is 11.7. The highest BCUT2D eigenvalue weighted by Crippen LogP contribution is 2.20. The number of carbonyl (C=O) groups excluding carboxylic acids is 1. The number of carbonyl (C=O) groups is 1. The van der Waals surface area contributed by atoms with Gasteiger partial charge in [-0.15, -0.1) is 0 Å². The fourth-order valence-electron chi connectivity index (χ4n) is 1.98. The largest absolute Gasteiger partial charge is 0.358 e. The molecule has 8 nitrogen and oxygen atoms in total. The predicted molar refractivity (Wildman–Crippen MR) is 77.4 cm³/mol. The van der Waals surface area contributed by atoms with Crippen molar-refractivity contribution in [3.05, 3.63) is 18.6 Å². The molecule has 0 atom stereocenters. The standard InChI is InChI=1S/C12H19N7O/c1-3-5-18(8-10(20)14-2)12-11-15-4-6-19(11)7-9(16-12)17-13/h4,6-7,17H,3,5,8,13H2,1-2H3,(H,14,20). The van der Waals surface area contributed by atoms with Crippen molar-refractivity contribution in [3.63, 3.8) is 0 Å². The lowest BCUT2D eigenvalue weighted by atomic mass is 10.3. The van der Waals surface area contributed by atoms with Crippen molar-refractivity contribution in [2.75, 3.05) is 30.5 Å². The number of rotatable bonds is 6. The second-order valence-corrected chi connectivity index (χ2v) is 4.35. The number of hydrazine groups is 1. The van der Waals surface area contributed by atoms with E-state index < -0.39 is 0 Å². The summed E-state index contributed by atoms with van der Waals surface area (Å²) in [6, 6.07) is 0. The van der Waals surface area contributed by atoms with Crippen molar-refractivity contribution >= 4 is 23.2 Å². The van der Waals surface area contributed by atoms with Crippen LogP contribution in [-0.4, -0.2) is 40.4 Å². The topological polar surface area (TPSA) is 101 Å². The Hall–Kier alpha value is -2.35. The first-order chi connectivity index (χ1) is 9.69. The molecule has 0 unspecified atom stereocenters. The van der Waals surface area contributed by atoms with Crippen molar-refractivity contribution in [2.24, 2.45) is 5.84 Å². The average molecular weight is 277 g/mol. The molecule has 0 saturated heterocycles. The van der Waals surface area contributed by atoms with Crippen molar-refractivity contribution < 1.29 is 4.79 Å². The number of hydrogen-bond acceptors (Lipinski definition) is 6. The molecule has 20 heavy (non-hydrogen) atoms. The summed E-state index contributed by atoms with van der Waals surface area (Å²) in [6.45, 7) is 2.98. The number of amides is 1. The zero-order valence-corrected chi connectivity index (χ0v) is 11.6. The maximum Gasteiger partial charge on any atom is 0.239 e. The van der Waals surface area contributed by atoms with Gasteiger partial charge >= 0.3 is 0 Å². The smallest absolute Gasteiger partial charge is 0.239 e. The molecule has 1 amide bonds. The van der Waals surface area contributed by atoms with Crippen molar-refractivity contribution in [1.29, 1.82) is 0 Å². The highest BCUT2D eigenvalue weighted by molar-refractivity contribution is 5.82. The maximum absolute atomic E-state index is 11.7. The number of imidazole rings is 1. The molecule has 0 aliphatic heterocycles. The minimum atomic E-state index is -0.0731. The summed E-state index contributed by atoms with van der Waals surface area (Å²) >= 11 is 0. The normalized spacial score (nSPS) is 10.6. The minimum absolute atomic E-state index is 0.0731. The van der Waals surface area contributed by atoms with Gasteiger partial charge in [0.15, 0.2) is 17.3 Å². The van der Waals surface area contributed by atoms with Crippen LogP contribution < -0.4 is 21.5 Å². The summed E-state index contributed by atoms with van der Waals surface area (Å²) in [5.74, 6) is 6.52. The molecule has 0 spiro atoms. The van der Waals surface area contributed by atoms with Crippen LogP contribution in [0.1, 0.15) is 13.3 Å². The molecule has 108 valence electrons. The lowest BCUT2D eigenvalue weighted by molar-refractivity contribution is -0.119. The Morgan fingerprint density at radius 3 is 3.00 bits per heavy atom. The molecule has 2 heterocycles. The molecule has 8 heteroatoms. The second-order valence-electron chi connectivity index (χ2n) is 4.35. The van der Waals surface area contributed by atoms with Crippen LogP contribution in [0.4, 0.5) is 11.6 Å². The van der Waals surface area contributed by atoms with E-state index in [0.29, 0.717) is 23.8 Å². The van der Waals surface area contributed by atoms with Crippen LogP contribution >= 0.6 is 0 Å². The number of hydrogen-bond donors (Lipinski definition) is 3. The molecule has 0 aromatic carbocycles. The van der Waals surface area contributed by atoms with Gasteiger partial charge < -0.3 is 20.0 Å². The molecule has 2 rings (SSSR count). The third-order valence-corrected chi connectivity index (χ3v) is 2.91. The minimum Gasteiger partial charge on any atom is -0.358 e. The summed E-state index contributed by atoms with van der Waals surface area (Å²) in [4.78, 5) is 22.3. The molecular formula is C12H19N7O. The molecule has 0 fully saturated rings. The van der Waals surface area contributed by atoms with Crippen LogP contribution in [0.2, 0.25) is 0 Å². The Morgan fingerprint density at radius 1 is 1.55 bits per heavy atom. The quantitative estimate of drug-likeness (QED) is 0.507. The molecule has 0 aliphatic carbocycles. The third kappa shape index (κ3) is 2.80. The first kappa shape index (κ1) is 14.1. The van der Waals surface area contributed by atoms with Crippen LogP contribution in [0.3, 0.4) is 0 Å². The van der Waals surface area contributed by atoms with Gasteiger partial charge in [-0.05, 0) is 6.42 Å². The van der Waals surface area contributed by atoms with Gasteiger partial charge in [-0.25, -0.2) is 15.8 Å². The third-order valence-electron chi connectivity index (χ3n) is 2.91. The molecule has 0 saturated carbocycles. The first-order valence-electron chi connectivity index (χ1n) is 6.45. The Kier molecular flexibility index (Phi) is 4.36. The number of aromatic nitrogens is 3. The highest BCUT2D eigenvalue weighted by atomic mass is 16.1. The van der Waals surface area contributed by atoms with Crippen LogP contribution in [0.25, 0.3) is 5.65 Å². The number of nitrogens with two attached hydrogens (primary N) is 1. The Labute approximate surface area is 117 Å². The van der Waals surface area contributed by atoms with E-state index >= 15 is 0 Å². The van der Waals surface area contributed by atoms with E-state index in [0.717, 1.165) is 6.42 Å². The Bertz CT molecular complexity index is 595. The SMILES string of the molecule is CCCN(CC(=O)NC)c1nc(NN)cn2ccnc12. The Balaban J connectivity index is 2.45. The zero-order valence-electron chi connectivity index (χ0n) is 11.6. The van der Waals surface area contributed by atoms with E-state index in [1.165, 1.54) is 0 Å². The van der Waals surface area contributed by atoms with E-state index in [1.54, 1.807) is 19.4 Å². The second kappa shape index (κ2) is 6.20. The van der Waals surface area contributed by atoms with Gasteiger partial charge in [0.25, 0.3) is 0 Å². The molecular weight excluding hydrogens is 258 g/mol. The van der Waals surface area contributed by atoms with Gasteiger partial charge in [0.1, 0.15) is 0 Å². The Morgan fingerprint density at radius 2 is 2.35 bits per heavy atom. The highest BCUT2D eigenvalue weighted by Gasteiger charge is 2.16. The number of nitrogens with one attached hydrogen (secondary N) is 2. The first-order valence-corrected chi connectivity index (χ1v) is 6.45. The average Bonchev–Trinajstić information content (AvgIpc) is 2.93. The van der Waals surface area contributed by atoms with Crippen molar-refractivity contribution in [2.45, 2.75) is 13.3 Å². The van der Waals surface area contributed by atoms with Crippen molar-refractivity contribution in [3.8, 4) is 0 Å². The zero-order chi connectivity index (χ0) is 14.5.